The van der Waals surface area contributed by atoms with Crippen molar-refractivity contribution in [1.82, 2.24) is 20.6 Å². The van der Waals surface area contributed by atoms with Gasteiger partial charge in [-0.2, -0.15) is 5.21 Å². The molecule has 0 fully saturated rings. The normalized spacial score (nSPS) is 12.7. The lowest BCUT2D eigenvalue weighted by molar-refractivity contribution is 0.131. The first kappa shape index (κ1) is 11.4. The summed E-state index contributed by atoms with van der Waals surface area (Å²) >= 11 is 0. The van der Waals surface area contributed by atoms with Crippen LogP contribution in [0.4, 0.5) is 14.5 Å². The van der Waals surface area contributed by atoms with E-state index in [1.807, 2.05) is 0 Å². The molecule has 0 saturated heterocycles. The third-order valence-electron chi connectivity index (χ3n) is 2.24. The molecule has 1 aromatic carbocycles. The van der Waals surface area contributed by atoms with Crippen molar-refractivity contribution in [2.75, 3.05) is 5.32 Å². The van der Waals surface area contributed by atoms with Crippen LogP contribution in [-0.2, 0) is 0 Å². The molecular weight excluding hydrogens is 228 g/mol. The molecule has 0 aliphatic heterocycles. The summed E-state index contributed by atoms with van der Waals surface area (Å²) in [6, 6.07) is 6.03. The monoisotopic (exact) mass is 239 g/mol. The number of hydrogen-bond donors (Lipinski definition) is 2. The molecule has 0 amide bonds. The predicted octanol–water partition coefficient (Wildman–Crippen LogP) is 1.93. The summed E-state index contributed by atoms with van der Waals surface area (Å²) in [7, 11) is 0. The number of nitrogens with one attached hydrogen (secondary N) is 2. The van der Waals surface area contributed by atoms with E-state index in [-0.39, 0.29) is 0 Å². The van der Waals surface area contributed by atoms with Gasteiger partial charge in [-0.25, -0.2) is 8.78 Å². The molecule has 0 aliphatic rings. The standard InChI is InChI=1S/C10H11F2N5/c1-6(9(11)12)13-8-4-2-3-7(5-8)10-14-16-17-15-10/h2-6,9,13H,1H3,(H,14,15,16,17). The Morgan fingerprint density at radius 2 is 2.18 bits per heavy atom. The molecule has 2 rings (SSSR count). The highest BCUT2D eigenvalue weighted by Crippen LogP contribution is 2.19. The largest absolute Gasteiger partial charge is 0.377 e. The van der Waals surface area contributed by atoms with Gasteiger partial charge in [0.1, 0.15) is 0 Å². The van der Waals surface area contributed by atoms with Crippen LogP contribution in [0.25, 0.3) is 11.4 Å². The lowest BCUT2D eigenvalue weighted by atomic mass is 10.2. The van der Waals surface area contributed by atoms with Crippen molar-refractivity contribution < 1.29 is 8.78 Å². The fourth-order valence-electron chi connectivity index (χ4n) is 1.36. The Kier molecular flexibility index (Phi) is 3.27. The molecule has 0 spiro atoms. The Morgan fingerprint density at radius 1 is 1.35 bits per heavy atom. The van der Waals surface area contributed by atoms with E-state index in [9.17, 15) is 8.78 Å². The lowest BCUT2D eigenvalue weighted by Crippen LogP contribution is -2.23. The number of benzene rings is 1. The minimum atomic E-state index is -2.41. The van der Waals surface area contributed by atoms with Gasteiger partial charge in [0.05, 0.1) is 6.04 Å². The van der Waals surface area contributed by atoms with Crippen molar-refractivity contribution in [2.24, 2.45) is 0 Å². The summed E-state index contributed by atoms with van der Waals surface area (Å²) in [6.45, 7) is 1.42. The number of anilines is 1. The average Bonchev–Trinajstić information content (AvgIpc) is 2.82. The third kappa shape index (κ3) is 2.74. The number of aromatic nitrogens is 4. The highest BCUT2D eigenvalue weighted by atomic mass is 19.3. The molecule has 1 unspecified atom stereocenters. The second-order valence-electron chi connectivity index (χ2n) is 3.58. The molecule has 1 aromatic heterocycles. The number of alkyl halides is 2. The Morgan fingerprint density at radius 3 is 2.82 bits per heavy atom. The molecular formula is C10H11F2N5. The van der Waals surface area contributed by atoms with Crippen LogP contribution in [0.3, 0.4) is 0 Å². The first-order chi connectivity index (χ1) is 8.16. The van der Waals surface area contributed by atoms with Crippen LogP contribution >= 0.6 is 0 Å². The molecule has 0 aliphatic carbocycles. The summed E-state index contributed by atoms with van der Waals surface area (Å²) in [6.07, 6.45) is -2.41. The number of H-pyrrole nitrogens is 1. The maximum Gasteiger partial charge on any atom is 0.258 e. The molecule has 2 aromatic rings. The lowest BCUT2D eigenvalue weighted by Gasteiger charge is -2.14. The predicted molar refractivity (Wildman–Crippen MR) is 58.7 cm³/mol. The van der Waals surface area contributed by atoms with Crippen molar-refractivity contribution in [1.29, 1.82) is 0 Å². The van der Waals surface area contributed by atoms with E-state index in [0.29, 0.717) is 17.1 Å². The van der Waals surface area contributed by atoms with Gasteiger partial charge in [-0.3, -0.25) is 0 Å². The Hall–Kier alpha value is -2.05. The highest BCUT2D eigenvalue weighted by molar-refractivity contribution is 5.61. The average molecular weight is 239 g/mol. The van der Waals surface area contributed by atoms with Gasteiger partial charge in [-0.15, -0.1) is 10.2 Å². The van der Waals surface area contributed by atoms with Crippen LogP contribution in [-0.4, -0.2) is 33.1 Å². The first-order valence-electron chi connectivity index (χ1n) is 5.05. The van der Waals surface area contributed by atoms with Crippen LogP contribution in [0.2, 0.25) is 0 Å². The van der Waals surface area contributed by atoms with Crippen molar-refractivity contribution >= 4 is 5.69 Å². The maximum atomic E-state index is 12.4. The Bertz CT molecular complexity index is 471. The molecule has 90 valence electrons. The first-order valence-corrected chi connectivity index (χ1v) is 5.05. The van der Waals surface area contributed by atoms with Crippen molar-refractivity contribution in [3.8, 4) is 11.4 Å². The number of halogens is 2. The maximum absolute atomic E-state index is 12.4. The van der Waals surface area contributed by atoms with Crippen LogP contribution < -0.4 is 5.32 Å². The summed E-state index contributed by atoms with van der Waals surface area (Å²) in [4.78, 5) is 0. The third-order valence-corrected chi connectivity index (χ3v) is 2.24. The van der Waals surface area contributed by atoms with E-state index >= 15 is 0 Å². The van der Waals surface area contributed by atoms with Gasteiger partial charge in [0.2, 0.25) is 5.82 Å². The van der Waals surface area contributed by atoms with Gasteiger partial charge in [0.25, 0.3) is 6.43 Å². The zero-order valence-corrected chi connectivity index (χ0v) is 9.06. The van der Waals surface area contributed by atoms with Gasteiger partial charge >= 0.3 is 0 Å². The Balaban J connectivity index is 2.18. The molecule has 5 nitrogen and oxygen atoms in total. The molecule has 17 heavy (non-hydrogen) atoms. The summed E-state index contributed by atoms with van der Waals surface area (Å²) in [5.41, 5.74) is 1.31. The zero-order chi connectivity index (χ0) is 12.3. The molecule has 1 atom stereocenters. The quantitative estimate of drug-likeness (QED) is 0.855. The van der Waals surface area contributed by atoms with Crippen LogP contribution in [0.15, 0.2) is 24.3 Å². The van der Waals surface area contributed by atoms with E-state index in [2.05, 4.69) is 25.9 Å². The van der Waals surface area contributed by atoms with E-state index in [4.69, 9.17) is 0 Å². The second kappa shape index (κ2) is 4.86. The van der Waals surface area contributed by atoms with E-state index < -0.39 is 12.5 Å². The SMILES string of the molecule is CC(Nc1cccc(-c2nn[nH]n2)c1)C(F)F. The number of hydrogen-bond acceptors (Lipinski definition) is 4. The number of aromatic amines is 1. The van der Waals surface area contributed by atoms with E-state index in [0.717, 1.165) is 0 Å². The molecule has 7 heteroatoms. The molecule has 2 N–H and O–H groups in total. The summed E-state index contributed by atoms with van der Waals surface area (Å²) < 4.78 is 24.8. The number of nitrogens with zero attached hydrogens (tertiary/aromatic N) is 3. The van der Waals surface area contributed by atoms with Gasteiger partial charge in [-0.05, 0) is 24.3 Å². The zero-order valence-electron chi connectivity index (χ0n) is 9.06. The number of tetrazole rings is 1. The Labute approximate surface area is 96.2 Å². The van der Waals surface area contributed by atoms with Crippen molar-refractivity contribution in [3.63, 3.8) is 0 Å². The second-order valence-corrected chi connectivity index (χ2v) is 3.58. The van der Waals surface area contributed by atoms with Gasteiger partial charge in [0.15, 0.2) is 0 Å². The fourth-order valence-corrected chi connectivity index (χ4v) is 1.36. The van der Waals surface area contributed by atoms with E-state index in [1.54, 1.807) is 24.3 Å². The van der Waals surface area contributed by atoms with Crippen LogP contribution in [0, 0.1) is 0 Å². The van der Waals surface area contributed by atoms with Gasteiger partial charge in [0, 0.05) is 11.3 Å². The topological polar surface area (TPSA) is 66.5 Å². The summed E-state index contributed by atoms with van der Waals surface area (Å²) in [5, 5.41) is 16.1. The molecule has 0 bridgehead atoms. The van der Waals surface area contributed by atoms with E-state index in [1.165, 1.54) is 6.92 Å². The summed E-state index contributed by atoms with van der Waals surface area (Å²) in [5.74, 6) is 0.429. The van der Waals surface area contributed by atoms with Crippen LogP contribution in [0.5, 0.6) is 0 Å². The molecule has 0 saturated carbocycles. The minimum absolute atomic E-state index is 0.429. The highest BCUT2D eigenvalue weighted by Gasteiger charge is 2.14. The minimum Gasteiger partial charge on any atom is -0.377 e. The van der Waals surface area contributed by atoms with Gasteiger partial charge < -0.3 is 5.32 Å². The van der Waals surface area contributed by atoms with Gasteiger partial charge in [-0.1, -0.05) is 12.1 Å². The fraction of sp³-hybridized carbons (Fsp3) is 0.300. The molecule has 0 radical (unpaired) electrons. The smallest absolute Gasteiger partial charge is 0.258 e. The van der Waals surface area contributed by atoms with Crippen molar-refractivity contribution in [2.45, 2.75) is 19.4 Å². The van der Waals surface area contributed by atoms with Crippen LogP contribution in [0.1, 0.15) is 6.92 Å². The molecule has 1 heterocycles. The number of rotatable bonds is 4. The van der Waals surface area contributed by atoms with Crippen molar-refractivity contribution in [3.05, 3.63) is 24.3 Å².